The maximum absolute atomic E-state index is 12.3. The zero-order valence-corrected chi connectivity index (χ0v) is 14.6. The van der Waals surface area contributed by atoms with Crippen molar-refractivity contribution < 1.29 is 19.2 Å². The molecule has 0 saturated heterocycles. The van der Waals surface area contributed by atoms with E-state index in [0.717, 1.165) is 23.3 Å². The number of benzene rings is 2. The second-order valence-electron chi connectivity index (χ2n) is 6.06. The number of allylic oxidation sites excluding steroid dienone is 1. The number of carbonyl (C=O) groups is 1. The lowest BCUT2D eigenvalue weighted by Crippen LogP contribution is -2.05. The van der Waals surface area contributed by atoms with E-state index in [1.807, 2.05) is 26.0 Å². The average Bonchev–Trinajstić information content (AvgIpc) is 2.98. The highest BCUT2D eigenvalue weighted by Crippen LogP contribution is 2.35. The number of carbonyl (C=O) groups excluding carboxylic acids is 1. The van der Waals surface area contributed by atoms with Crippen molar-refractivity contribution in [2.24, 2.45) is 0 Å². The van der Waals surface area contributed by atoms with E-state index >= 15 is 0 Å². The van der Waals surface area contributed by atoms with Crippen LogP contribution in [-0.4, -0.2) is 23.4 Å². The van der Waals surface area contributed by atoms with Crippen LogP contribution in [0.4, 0.5) is 5.69 Å². The van der Waals surface area contributed by atoms with Gasteiger partial charge in [-0.3, -0.25) is 14.9 Å². The Labute approximate surface area is 151 Å². The van der Waals surface area contributed by atoms with Crippen molar-refractivity contribution in [3.63, 3.8) is 0 Å². The van der Waals surface area contributed by atoms with Crippen LogP contribution in [0, 0.1) is 10.1 Å². The molecule has 0 radical (unpaired) electrons. The number of fused-ring (bicyclic) bond motifs is 1. The van der Waals surface area contributed by atoms with Crippen LogP contribution in [0.25, 0.3) is 6.08 Å². The topological polar surface area (TPSA) is 78.7 Å². The average molecular weight is 353 g/mol. The van der Waals surface area contributed by atoms with Crippen LogP contribution in [0.15, 0.2) is 42.5 Å². The molecule has 0 aliphatic carbocycles. The Morgan fingerprint density at radius 3 is 2.73 bits per heavy atom. The number of rotatable bonds is 6. The highest BCUT2D eigenvalue weighted by Gasteiger charge is 2.21. The molecule has 0 amide bonds. The van der Waals surface area contributed by atoms with Crippen LogP contribution in [0.3, 0.4) is 0 Å². The summed E-state index contributed by atoms with van der Waals surface area (Å²) in [7, 11) is 0. The van der Waals surface area contributed by atoms with Crippen molar-refractivity contribution >= 4 is 17.5 Å². The smallest absolute Gasteiger partial charge is 0.269 e. The SMILES string of the molecule is CCOc1cc2c(cc1/C=C/C(=O)c1ccc([N+](=O)[O-])cc1)O[C@@H](C)C2. The van der Waals surface area contributed by atoms with Crippen molar-refractivity contribution in [2.45, 2.75) is 26.4 Å². The molecule has 0 unspecified atom stereocenters. The first-order valence-electron chi connectivity index (χ1n) is 8.41. The molecule has 3 rings (SSSR count). The van der Waals surface area contributed by atoms with Gasteiger partial charge in [0.2, 0.25) is 0 Å². The predicted molar refractivity (Wildman–Crippen MR) is 97.9 cm³/mol. The summed E-state index contributed by atoms with van der Waals surface area (Å²) in [5.41, 5.74) is 2.19. The van der Waals surface area contributed by atoms with Gasteiger partial charge in [-0.25, -0.2) is 0 Å². The Morgan fingerprint density at radius 1 is 1.35 bits per heavy atom. The zero-order chi connectivity index (χ0) is 18.7. The number of non-ortho nitro benzene ring substituents is 1. The normalized spacial score (nSPS) is 15.5. The molecule has 2 aromatic carbocycles. The van der Waals surface area contributed by atoms with Crippen molar-refractivity contribution in [3.8, 4) is 11.5 Å². The lowest BCUT2D eigenvalue weighted by molar-refractivity contribution is -0.384. The largest absolute Gasteiger partial charge is 0.493 e. The van der Waals surface area contributed by atoms with E-state index in [4.69, 9.17) is 9.47 Å². The number of hydrogen-bond acceptors (Lipinski definition) is 5. The Bertz CT molecular complexity index is 871. The summed E-state index contributed by atoms with van der Waals surface area (Å²) in [5.74, 6) is 1.28. The van der Waals surface area contributed by atoms with Crippen molar-refractivity contribution in [1.82, 2.24) is 0 Å². The third kappa shape index (κ3) is 3.74. The highest BCUT2D eigenvalue weighted by molar-refractivity contribution is 6.07. The van der Waals surface area contributed by atoms with Gasteiger partial charge in [0.1, 0.15) is 17.6 Å². The van der Waals surface area contributed by atoms with Gasteiger partial charge in [-0.15, -0.1) is 0 Å². The molecule has 1 heterocycles. The Morgan fingerprint density at radius 2 is 2.08 bits per heavy atom. The quantitative estimate of drug-likeness (QED) is 0.336. The lowest BCUT2D eigenvalue weighted by Gasteiger charge is -2.10. The number of ketones is 1. The second kappa shape index (κ2) is 7.39. The molecule has 0 fully saturated rings. The number of hydrogen-bond donors (Lipinski definition) is 0. The van der Waals surface area contributed by atoms with Crippen LogP contribution >= 0.6 is 0 Å². The Kier molecular flexibility index (Phi) is 5.02. The first kappa shape index (κ1) is 17.7. The molecule has 134 valence electrons. The van der Waals surface area contributed by atoms with Crippen molar-refractivity contribution in [1.29, 1.82) is 0 Å². The number of nitro groups is 1. The molecule has 1 atom stereocenters. The van der Waals surface area contributed by atoms with Gasteiger partial charge in [0.15, 0.2) is 5.78 Å². The van der Waals surface area contributed by atoms with Gasteiger partial charge < -0.3 is 9.47 Å². The Balaban J connectivity index is 1.84. The number of nitro benzene ring substituents is 1. The summed E-state index contributed by atoms with van der Waals surface area (Å²) in [6, 6.07) is 9.36. The van der Waals surface area contributed by atoms with Crippen LogP contribution in [0.2, 0.25) is 0 Å². The zero-order valence-electron chi connectivity index (χ0n) is 14.6. The minimum absolute atomic E-state index is 0.0472. The first-order valence-corrected chi connectivity index (χ1v) is 8.41. The maximum atomic E-state index is 12.3. The van der Waals surface area contributed by atoms with E-state index in [2.05, 4.69) is 0 Å². The summed E-state index contributed by atoms with van der Waals surface area (Å²) in [6.45, 7) is 4.43. The Hall–Kier alpha value is -3.15. The maximum Gasteiger partial charge on any atom is 0.269 e. The van der Waals surface area contributed by atoms with Gasteiger partial charge in [0.05, 0.1) is 11.5 Å². The summed E-state index contributed by atoms with van der Waals surface area (Å²) >= 11 is 0. The van der Waals surface area contributed by atoms with Crippen molar-refractivity contribution in [2.75, 3.05) is 6.61 Å². The van der Waals surface area contributed by atoms with Gasteiger partial charge in [-0.1, -0.05) is 0 Å². The van der Waals surface area contributed by atoms with E-state index in [0.29, 0.717) is 17.9 Å². The summed E-state index contributed by atoms with van der Waals surface area (Å²) in [5, 5.41) is 10.7. The van der Waals surface area contributed by atoms with E-state index in [1.54, 1.807) is 6.08 Å². The fraction of sp³-hybridized carbons (Fsp3) is 0.250. The molecule has 0 spiro atoms. The molecule has 26 heavy (non-hydrogen) atoms. The lowest BCUT2D eigenvalue weighted by atomic mass is 10.0. The van der Waals surface area contributed by atoms with Gasteiger partial charge >= 0.3 is 0 Å². The third-order valence-electron chi connectivity index (χ3n) is 4.11. The molecule has 0 bridgehead atoms. The molecule has 0 N–H and O–H groups in total. The molecule has 0 aromatic heterocycles. The third-order valence-corrected chi connectivity index (χ3v) is 4.11. The van der Waals surface area contributed by atoms with Gasteiger partial charge in [0, 0.05) is 35.2 Å². The van der Waals surface area contributed by atoms with E-state index < -0.39 is 4.92 Å². The minimum atomic E-state index is -0.496. The van der Waals surface area contributed by atoms with E-state index in [1.165, 1.54) is 30.3 Å². The first-order chi connectivity index (χ1) is 12.5. The summed E-state index contributed by atoms with van der Waals surface area (Å²) < 4.78 is 11.5. The fourth-order valence-electron chi connectivity index (χ4n) is 2.87. The predicted octanol–water partition coefficient (Wildman–Crippen LogP) is 4.21. The molecule has 2 aromatic rings. The fourth-order valence-corrected chi connectivity index (χ4v) is 2.87. The standard InChI is InChI=1S/C20H19NO5/c1-3-25-19-12-16-10-13(2)26-20(16)11-15(19)6-9-18(22)14-4-7-17(8-5-14)21(23)24/h4-9,11-13H,3,10H2,1-2H3/b9-6+/t13-/m0/s1. The van der Waals surface area contributed by atoms with Crippen molar-refractivity contribution in [3.05, 3.63) is 69.3 Å². The van der Waals surface area contributed by atoms with E-state index in [9.17, 15) is 14.9 Å². The molecule has 6 heteroatoms. The minimum Gasteiger partial charge on any atom is -0.493 e. The van der Waals surface area contributed by atoms with Crippen LogP contribution in [-0.2, 0) is 6.42 Å². The molecular formula is C20H19NO5. The second-order valence-corrected chi connectivity index (χ2v) is 6.06. The molecule has 0 saturated carbocycles. The molecule has 1 aliphatic heterocycles. The van der Waals surface area contributed by atoms with Gasteiger partial charge in [-0.05, 0) is 50.3 Å². The molecule has 6 nitrogen and oxygen atoms in total. The van der Waals surface area contributed by atoms with Crippen LogP contribution in [0.1, 0.15) is 35.3 Å². The molecular weight excluding hydrogens is 334 g/mol. The summed E-state index contributed by atoms with van der Waals surface area (Å²) in [4.78, 5) is 22.5. The highest BCUT2D eigenvalue weighted by atomic mass is 16.6. The summed E-state index contributed by atoms with van der Waals surface area (Å²) in [6.07, 6.45) is 4.08. The van der Waals surface area contributed by atoms with Gasteiger partial charge in [-0.2, -0.15) is 0 Å². The number of nitrogens with zero attached hydrogens (tertiary/aromatic N) is 1. The monoisotopic (exact) mass is 353 g/mol. The number of ether oxygens (including phenoxy) is 2. The molecule has 1 aliphatic rings. The van der Waals surface area contributed by atoms with E-state index in [-0.39, 0.29) is 17.6 Å². The van der Waals surface area contributed by atoms with Crippen LogP contribution < -0.4 is 9.47 Å². The van der Waals surface area contributed by atoms with Gasteiger partial charge in [0.25, 0.3) is 5.69 Å². The van der Waals surface area contributed by atoms with Crippen LogP contribution in [0.5, 0.6) is 11.5 Å².